The van der Waals surface area contributed by atoms with Crippen LogP contribution in [0.3, 0.4) is 0 Å². The lowest BCUT2D eigenvalue weighted by atomic mass is 10.2. The Hall–Kier alpha value is -3.26. The van der Waals surface area contributed by atoms with Crippen molar-refractivity contribution in [1.82, 2.24) is 15.0 Å². The standard InChI is InChI=1S/C17H12ClFN4O3/c1-26-14-8-21-15(10-6-9(18)2-3-12(10)19)23-16(14)22-13-4-5-20-7-11(13)17(24)25/h2-8H,1H3,(H,24,25)(H,20,21,22,23). The summed E-state index contributed by atoms with van der Waals surface area (Å²) >= 11 is 5.92. The first kappa shape index (κ1) is 17.6. The van der Waals surface area contributed by atoms with Crippen molar-refractivity contribution in [3.05, 3.63) is 59.3 Å². The van der Waals surface area contributed by atoms with E-state index in [1.807, 2.05) is 0 Å². The molecule has 2 aromatic heterocycles. The predicted molar refractivity (Wildman–Crippen MR) is 93.5 cm³/mol. The average Bonchev–Trinajstić information content (AvgIpc) is 2.64. The van der Waals surface area contributed by atoms with E-state index in [9.17, 15) is 14.3 Å². The van der Waals surface area contributed by atoms with Crippen molar-refractivity contribution in [3.8, 4) is 17.1 Å². The average molecular weight is 375 g/mol. The molecule has 0 aliphatic rings. The second-order valence-corrected chi connectivity index (χ2v) is 5.52. The van der Waals surface area contributed by atoms with E-state index in [1.54, 1.807) is 0 Å². The van der Waals surface area contributed by atoms with Crippen LogP contribution in [0.2, 0.25) is 5.02 Å². The van der Waals surface area contributed by atoms with Crippen LogP contribution in [0, 0.1) is 5.82 Å². The minimum Gasteiger partial charge on any atom is -0.491 e. The summed E-state index contributed by atoms with van der Waals surface area (Å²) in [5.41, 5.74) is 0.307. The molecule has 0 spiro atoms. The van der Waals surface area contributed by atoms with Crippen molar-refractivity contribution in [2.24, 2.45) is 0 Å². The van der Waals surface area contributed by atoms with Crippen molar-refractivity contribution in [2.75, 3.05) is 12.4 Å². The monoisotopic (exact) mass is 374 g/mol. The summed E-state index contributed by atoms with van der Waals surface area (Å²) in [5.74, 6) is -1.20. The topological polar surface area (TPSA) is 97.2 Å². The van der Waals surface area contributed by atoms with E-state index < -0.39 is 11.8 Å². The predicted octanol–water partition coefficient (Wildman–Crippen LogP) is 3.78. The Kier molecular flexibility index (Phi) is 4.94. The molecule has 1 aromatic carbocycles. The lowest BCUT2D eigenvalue weighted by Crippen LogP contribution is -2.06. The van der Waals surface area contributed by atoms with Crippen LogP contribution in [0.1, 0.15) is 10.4 Å². The Morgan fingerprint density at radius 1 is 1.31 bits per heavy atom. The molecule has 0 saturated carbocycles. The number of methoxy groups -OCH3 is 1. The number of carbonyl (C=O) groups is 1. The molecule has 0 radical (unpaired) electrons. The van der Waals surface area contributed by atoms with E-state index in [4.69, 9.17) is 16.3 Å². The summed E-state index contributed by atoms with van der Waals surface area (Å²) in [4.78, 5) is 23.4. The van der Waals surface area contributed by atoms with Gasteiger partial charge in [0, 0.05) is 17.4 Å². The molecule has 0 fully saturated rings. The third-order valence-electron chi connectivity index (χ3n) is 3.45. The Morgan fingerprint density at radius 3 is 2.85 bits per heavy atom. The van der Waals surface area contributed by atoms with E-state index in [2.05, 4.69) is 20.3 Å². The summed E-state index contributed by atoms with van der Waals surface area (Å²) in [6.45, 7) is 0. The second kappa shape index (κ2) is 7.32. The quantitative estimate of drug-likeness (QED) is 0.701. The van der Waals surface area contributed by atoms with Crippen LogP contribution in [0.4, 0.5) is 15.9 Å². The van der Waals surface area contributed by atoms with Crippen molar-refractivity contribution in [3.63, 3.8) is 0 Å². The molecule has 7 nitrogen and oxygen atoms in total. The Labute approximate surface area is 152 Å². The Bertz CT molecular complexity index is 984. The summed E-state index contributed by atoms with van der Waals surface area (Å²) in [6.07, 6.45) is 3.99. The minimum absolute atomic E-state index is 0.0522. The van der Waals surface area contributed by atoms with Crippen LogP contribution in [0.25, 0.3) is 11.4 Å². The highest BCUT2D eigenvalue weighted by Crippen LogP contribution is 2.30. The zero-order chi connectivity index (χ0) is 18.7. The van der Waals surface area contributed by atoms with Crippen molar-refractivity contribution in [1.29, 1.82) is 0 Å². The van der Waals surface area contributed by atoms with E-state index >= 15 is 0 Å². The number of anilines is 2. The molecule has 0 aliphatic heterocycles. The number of hydrogen-bond donors (Lipinski definition) is 2. The number of ether oxygens (including phenoxy) is 1. The van der Waals surface area contributed by atoms with Gasteiger partial charge in [-0.2, -0.15) is 0 Å². The smallest absolute Gasteiger partial charge is 0.339 e. The van der Waals surface area contributed by atoms with Crippen molar-refractivity contribution < 1.29 is 19.0 Å². The molecule has 0 saturated heterocycles. The normalized spacial score (nSPS) is 10.4. The molecule has 2 heterocycles. The first-order valence-electron chi connectivity index (χ1n) is 7.30. The number of carboxylic acids is 1. The van der Waals surface area contributed by atoms with Crippen LogP contribution in [-0.2, 0) is 0 Å². The number of rotatable bonds is 5. The molecule has 26 heavy (non-hydrogen) atoms. The van der Waals surface area contributed by atoms with Crippen LogP contribution < -0.4 is 10.1 Å². The number of nitrogens with zero attached hydrogens (tertiary/aromatic N) is 3. The van der Waals surface area contributed by atoms with E-state index in [0.717, 1.165) is 0 Å². The van der Waals surface area contributed by atoms with Gasteiger partial charge in [-0.3, -0.25) is 4.98 Å². The molecule has 9 heteroatoms. The van der Waals surface area contributed by atoms with E-state index in [0.29, 0.717) is 5.02 Å². The summed E-state index contributed by atoms with van der Waals surface area (Å²) in [6, 6.07) is 5.51. The van der Waals surface area contributed by atoms with Gasteiger partial charge in [0.2, 0.25) is 0 Å². The van der Waals surface area contributed by atoms with Gasteiger partial charge in [0.15, 0.2) is 17.4 Å². The molecule has 2 N–H and O–H groups in total. The van der Waals surface area contributed by atoms with Crippen LogP contribution in [0.15, 0.2) is 42.9 Å². The van der Waals surface area contributed by atoms with Crippen LogP contribution >= 0.6 is 11.6 Å². The van der Waals surface area contributed by atoms with Crippen LogP contribution in [0.5, 0.6) is 5.75 Å². The number of aromatic carboxylic acids is 1. The maximum Gasteiger partial charge on any atom is 0.339 e. The first-order valence-corrected chi connectivity index (χ1v) is 7.68. The molecular formula is C17H12ClFN4O3. The molecule has 0 amide bonds. The maximum absolute atomic E-state index is 14.1. The second-order valence-electron chi connectivity index (χ2n) is 5.09. The Balaban J connectivity index is 2.07. The van der Waals surface area contributed by atoms with Gasteiger partial charge in [-0.15, -0.1) is 0 Å². The highest BCUT2D eigenvalue weighted by molar-refractivity contribution is 6.30. The number of carboxylic acid groups (broad SMARTS) is 1. The number of nitrogens with one attached hydrogen (secondary N) is 1. The SMILES string of the molecule is COc1cnc(-c2cc(Cl)ccc2F)nc1Nc1ccncc1C(=O)O. The van der Waals surface area contributed by atoms with Gasteiger partial charge < -0.3 is 15.2 Å². The Morgan fingerprint density at radius 2 is 2.12 bits per heavy atom. The summed E-state index contributed by atoms with van der Waals surface area (Å²) < 4.78 is 19.3. The molecule has 0 unspecified atom stereocenters. The molecule has 0 aliphatic carbocycles. The number of halogens is 2. The lowest BCUT2D eigenvalue weighted by molar-refractivity contribution is 0.0697. The van der Waals surface area contributed by atoms with Gasteiger partial charge in [0.25, 0.3) is 0 Å². The zero-order valence-electron chi connectivity index (χ0n) is 13.4. The van der Waals surface area contributed by atoms with Crippen LogP contribution in [-0.4, -0.2) is 33.1 Å². The number of pyridine rings is 1. The molecule has 3 aromatic rings. The van der Waals surface area contributed by atoms with Gasteiger partial charge in [-0.05, 0) is 24.3 Å². The highest BCUT2D eigenvalue weighted by atomic mass is 35.5. The highest BCUT2D eigenvalue weighted by Gasteiger charge is 2.16. The first-order chi connectivity index (χ1) is 12.5. The van der Waals surface area contributed by atoms with Gasteiger partial charge in [0.05, 0.1) is 24.6 Å². The van der Waals surface area contributed by atoms with Gasteiger partial charge in [-0.25, -0.2) is 19.2 Å². The number of aromatic nitrogens is 3. The molecule has 132 valence electrons. The fraction of sp³-hybridized carbons (Fsp3) is 0.0588. The maximum atomic E-state index is 14.1. The van der Waals surface area contributed by atoms with E-state index in [1.165, 1.54) is 50.0 Å². The number of hydrogen-bond acceptors (Lipinski definition) is 6. The largest absolute Gasteiger partial charge is 0.491 e. The van der Waals surface area contributed by atoms with Crippen molar-refractivity contribution >= 4 is 29.1 Å². The van der Waals surface area contributed by atoms with E-state index in [-0.39, 0.29) is 34.2 Å². The summed E-state index contributed by atoms with van der Waals surface area (Å²) in [7, 11) is 1.41. The minimum atomic E-state index is -1.16. The third-order valence-corrected chi connectivity index (χ3v) is 3.68. The third kappa shape index (κ3) is 3.55. The molecule has 0 atom stereocenters. The zero-order valence-corrected chi connectivity index (χ0v) is 14.2. The van der Waals surface area contributed by atoms with Gasteiger partial charge in [0.1, 0.15) is 11.4 Å². The molecule has 3 rings (SSSR count). The lowest BCUT2D eigenvalue weighted by Gasteiger charge is -2.13. The fourth-order valence-electron chi connectivity index (χ4n) is 2.21. The van der Waals surface area contributed by atoms with Gasteiger partial charge >= 0.3 is 5.97 Å². The molecular weight excluding hydrogens is 363 g/mol. The number of benzene rings is 1. The summed E-state index contributed by atoms with van der Waals surface area (Å²) in [5, 5.41) is 12.5. The van der Waals surface area contributed by atoms with Crippen molar-refractivity contribution in [2.45, 2.75) is 0 Å². The fourth-order valence-corrected chi connectivity index (χ4v) is 2.38. The molecule has 0 bridgehead atoms. The van der Waals surface area contributed by atoms with Gasteiger partial charge in [-0.1, -0.05) is 11.6 Å².